The minimum atomic E-state index is -0.280. The Kier molecular flexibility index (Phi) is 4.92. The van der Waals surface area contributed by atoms with Gasteiger partial charge in [-0.3, -0.25) is 14.9 Å². The first-order valence-electron chi connectivity index (χ1n) is 9.12. The van der Waals surface area contributed by atoms with E-state index in [4.69, 9.17) is 0 Å². The van der Waals surface area contributed by atoms with Gasteiger partial charge in [0.05, 0.1) is 0 Å². The van der Waals surface area contributed by atoms with Crippen LogP contribution in [0.5, 0.6) is 0 Å². The van der Waals surface area contributed by atoms with Crippen molar-refractivity contribution < 1.29 is 9.59 Å². The molecule has 0 aliphatic heterocycles. The second-order valence-electron chi connectivity index (χ2n) is 7.07. The highest BCUT2D eigenvalue weighted by Gasteiger charge is 2.23. The number of rotatable bonds is 5. The molecule has 6 nitrogen and oxygen atoms in total. The van der Waals surface area contributed by atoms with Gasteiger partial charge in [-0.05, 0) is 63.1 Å². The molecule has 28 heavy (non-hydrogen) atoms. The van der Waals surface area contributed by atoms with Crippen molar-refractivity contribution in [2.24, 2.45) is 0 Å². The summed E-state index contributed by atoms with van der Waals surface area (Å²) in [4.78, 5) is 24.5. The molecule has 1 aliphatic carbocycles. The lowest BCUT2D eigenvalue weighted by molar-refractivity contribution is 0.0949. The molecule has 1 aliphatic rings. The lowest BCUT2D eigenvalue weighted by atomic mass is 10.1. The number of amides is 2. The second-order valence-corrected chi connectivity index (χ2v) is 8.05. The summed E-state index contributed by atoms with van der Waals surface area (Å²) in [5, 5.41) is 15.2. The summed E-state index contributed by atoms with van der Waals surface area (Å²) in [5.74, 6) is -0.381. The quantitative estimate of drug-likeness (QED) is 0.688. The maximum absolute atomic E-state index is 12.5. The van der Waals surface area contributed by atoms with Gasteiger partial charge in [0.1, 0.15) is 5.01 Å². The van der Waals surface area contributed by atoms with Crippen molar-refractivity contribution in [3.63, 3.8) is 0 Å². The number of nitrogens with zero attached hydrogens (tertiary/aromatic N) is 2. The number of nitrogens with one attached hydrogen (secondary N) is 2. The first-order chi connectivity index (χ1) is 13.5. The van der Waals surface area contributed by atoms with E-state index in [-0.39, 0.29) is 11.8 Å². The Labute approximate surface area is 167 Å². The molecule has 142 valence electrons. The van der Waals surface area contributed by atoms with Crippen LogP contribution in [0.4, 0.5) is 5.13 Å². The molecule has 2 N–H and O–H groups in total. The van der Waals surface area contributed by atoms with Crippen molar-refractivity contribution in [2.45, 2.75) is 32.7 Å². The van der Waals surface area contributed by atoms with Crippen LogP contribution in [0.2, 0.25) is 0 Å². The van der Waals surface area contributed by atoms with Crippen LogP contribution in [0.1, 0.15) is 44.7 Å². The third kappa shape index (κ3) is 4.26. The summed E-state index contributed by atoms with van der Waals surface area (Å²) in [7, 11) is 0. The first kappa shape index (κ1) is 18.3. The fraction of sp³-hybridized carbons (Fsp3) is 0.238. The van der Waals surface area contributed by atoms with E-state index >= 15 is 0 Å². The lowest BCUT2D eigenvalue weighted by Crippen LogP contribution is -2.25. The molecule has 1 aromatic heterocycles. The van der Waals surface area contributed by atoms with Crippen LogP contribution in [0, 0.1) is 13.8 Å². The van der Waals surface area contributed by atoms with E-state index in [1.807, 2.05) is 26.0 Å². The molecule has 0 unspecified atom stereocenters. The van der Waals surface area contributed by atoms with Gasteiger partial charge >= 0.3 is 0 Å². The first-order valence-corrected chi connectivity index (χ1v) is 9.94. The van der Waals surface area contributed by atoms with E-state index in [0.29, 0.717) is 22.3 Å². The largest absolute Gasteiger partial charge is 0.349 e. The van der Waals surface area contributed by atoms with E-state index in [0.717, 1.165) is 34.5 Å². The van der Waals surface area contributed by atoms with Gasteiger partial charge in [-0.1, -0.05) is 28.5 Å². The van der Waals surface area contributed by atoms with E-state index in [2.05, 4.69) is 26.9 Å². The number of carbonyl (C=O) groups is 2. The Morgan fingerprint density at radius 1 is 0.929 bits per heavy atom. The predicted molar refractivity (Wildman–Crippen MR) is 110 cm³/mol. The Morgan fingerprint density at radius 2 is 1.54 bits per heavy atom. The molecule has 0 atom stereocenters. The minimum absolute atomic E-state index is 0.100. The SMILES string of the molecule is Cc1cc(C)cc(-c2nnc(NC(=O)c3ccc(C(=O)NC4CC4)cc3)s2)c1. The number of carbonyl (C=O) groups excluding carboxylic acids is 2. The zero-order valence-corrected chi connectivity index (χ0v) is 16.5. The van der Waals surface area contributed by atoms with Crippen molar-refractivity contribution in [1.82, 2.24) is 15.5 Å². The third-order valence-corrected chi connectivity index (χ3v) is 5.32. The van der Waals surface area contributed by atoms with Gasteiger partial charge in [0.2, 0.25) is 5.13 Å². The molecular weight excluding hydrogens is 372 g/mol. The molecular formula is C21H20N4O2S. The second kappa shape index (κ2) is 7.52. The Hall–Kier alpha value is -3.06. The fourth-order valence-corrected chi connectivity index (χ4v) is 3.65. The van der Waals surface area contributed by atoms with Crippen LogP contribution in [0.3, 0.4) is 0 Å². The summed E-state index contributed by atoms with van der Waals surface area (Å²) in [6.07, 6.45) is 2.08. The highest BCUT2D eigenvalue weighted by Crippen LogP contribution is 2.28. The Morgan fingerprint density at radius 3 is 2.14 bits per heavy atom. The molecule has 4 rings (SSSR count). The van der Waals surface area contributed by atoms with E-state index < -0.39 is 0 Å². The van der Waals surface area contributed by atoms with Gasteiger partial charge in [0.25, 0.3) is 11.8 Å². The number of hydrogen-bond donors (Lipinski definition) is 2. The number of aromatic nitrogens is 2. The van der Waals surface area contributed by atoms with Crippen LogP contribution in [-0.2, 0) is 0 Å². The summed E-state index contributed by atoms with van der Waals surface area (Å²) in [6, 6.07) is 13.1. The average Bonchev–Trinajstić information content (AvgIpc) is 3.35. The van der Waals surface area contributed by atoms with Crippen LogP contribution in [0.15, 0.2) is 42.5 Å². The van der Waals surface area contributed by atoms with Crippen molar-refractivity contribution in [1.29, 1.82) is 0 Å². The molecule has 1 heterocycles. The summed E-state index contributed by atoms with van der Waals surface area (Å²) in [5.41, 5.74) is 4.31. The van der Waals surface area contributed by atoms with Crippen LogP contribution >= 0.6 is 11.3 Å². The van der Waals surface area contributed by atoms with Crippen LogP contribution in [0.25, 0.3) is 10.6 Å². The van der Waals surface area contributed by atoms with Gasteiger partial charge in [-0.25, -0.2) is 0 Å². The highest BCUT2D eigenvalue weighted by atomic mass is 32.1. The van der Waals surface area contributed by atoms with Gasteiger partial charge in [-0.15, -0.1) is 10.2 Å². The van der Waals surface area contributed by atoms with Gasteiger partial charge in [0, 0.05) is 22.7 Å². The molecule has 0 bridgehead atoms. The lowest BCUT2D eigenvalue weighted by Gasteiger charge is -2.05. The smallest absolute Gasteiger partial charge is 0.257 e. The maximum atomic E-state index is 12.5. The number of hydrogen-bond acceptors (Lipinski definition) is 5. The summed E-state index contributed by atoms with van der Waals surface area (Å²) >= 11 is 1.33. The van der Waals surface area contributed by atoms with Gasteiger partial charge < -0.3 is 5.32 Å². The average molecular weight is 392 g/mol. The van der Waals surface area contributed by atoms with Crippen molar-refractivity contribution in [2.75, 3.05) is 5.32 Å². The van der Waals surface area contributed by atoms with Crippen LogP contribution in [-0.4, -0.2) is 28.1 Å². The predicted octanol–water partition coefficient (Wildman–Crippen LogP) is 3.97. The molecule has 7 heteroatoms. The van der Waals surface area contributed by atoms with Gasteiger partial charge in [0.15, 0.2) is 0 Å². The molecule has 0 radical (unpaired) electrons. The normalized spacial score (nSPS) is 13.2. The molecule has 2 aromatic carbocycles. The Bertz CT molecular complexity index is 1020. The van der Waals surface area contributed by atoms with Gasteiger partial charge in [-0.2, -0.15) is 0 Å². The molecule has 1 saturated carbocycles. The minimum Gasteiger partial charge on any atom is -0.349 e. The zero-order valence-electron chi connectivity index (χ0n) is 15.7. The van der Waals surface area contributed by atoms with Crippen LogP contribution < -0.4 is 10.6 Å². The number of benzene rings is 2. The Balaban J connectivity index is 1.43. The third-order valence-electron chi connectivity index (χ3n) is 4.44. The standard InChI is InChI=1S/C21H20N4O2S/c1-12-9-13(2)11-16(10-12)20-24-25-21(28-20)23-19(27)15-5-3-14(4-6-15)18(26)22-17-7-8-17/h3-6,9-11,17H,7-8H2,1-2H3,(H,22,26)(H,23,25,27). The van der Waals surface area contributed by atoms with Crippen molar-refractivity contribution in [3.05, 3.63) is 64.7 Å². The monoisotopic (exact) mass is 392 g/mol. The summed E-state index contributed by atoms with van der Waals surface area (Å²) in [6.45, 7) is 4.07. The number of aryl methyl sites for hydroxylation is 2. The molecule has 3 aromatic rings. The maximum Gasteiger partial charge on any atom is 0.257 e. The fourth-order valence-electron chi connectivity index (χ4n) is 2.93. The molecule has 0 saturated heterocycles. The highest BCUT2D eigenvalue weighted by molar-refractivity contribution is 7.18. The van der Waals surface area contributed by atoms with E-state index in [1.54, 1.807) is 24.3 Å². The topological polar surface area (TPSA) is 84.0 Å². The number of anilines is 1. The van der Waals surface area contributed by atoms with E-state index in [1.165, 1.54) is 11.3 Å². The zero-order chi connectivity index (χ0) is 19.7. The van der Waals surface area contributed by atoms with Crippen molar-refractivity contribution >= 4 is 28.3 Å². The van der Waals surface area contributed by atoms with E-state index in [9.17, 15) is 9.59 Å². The van der Waals surface area contributed by atoms with Crippen molar-refractivity contribution in [3.8, 4) is 10.6 Å². The molecule has 2 amide bonds. The molecule has 1 fully saturated rings. The summed E-state index contributed by atoms with van der Waals surface area (Å²) < 4.78 is 0. The molecule has 0 spiro atoms.